The van der Waals surface area contributed by atoms with Gasteiger partial charge in [0.2, 0.25) is 4.96 Å². The zero-order valence-corrected chi connectivity index (χ0v) is 17.9. The van der Waals surface area contributed by atoms with Crippen LogP contribution in [0.3, 0.4) is 0 Å². The minimum absolute atomic E-state index is 0.235. The first-order chi connectivity index (χ1) is 14.5. The van der Waals surface area contributed by atoms with Crippen molar-refractivity contribution in [2.75, 3.05) is 0 Å². The lowest BCUT2D eigenvalue weighted by molar-refractivity contribution is 0.571. The number of fused-ring (bicyclic) bond motifs is 1. The largest absolute Gasteiger partial charge is 0.457 e. The molecule has 0 saturated carbocycles. The molecule has 0 saturated heterocycles. The Morgan fingerprint density at radius 1 is 1.07 bits per heavy atom. The minimum Gasteiger partial charge on any atom is -0.457 e. The van der Waals surface area contributed by atoms with Crippen molar-refractivity contribution in [2.24, 2.45) is 0 Å². The van der Waals surface area contributed by atoms with Crippen LogP contribution in [-0.2, 0) is 0 Å². The Kier molecular flexibility index (Phi) is 4.70. The fourth-order valence-corrected chi connectivity index (χ4v) is 4.43. The molecule has 5 nitrogen and oxygen atoms in total. The Morgan fingerprint density at radius 3 is 2.70 bits per heavy atom. The third kappa shape index (κ3) is 3.33. The van der Waals surface area contributed by atoms with Crippen LogP contribution in [0, 0.1) is 6.92 Å². The molecule has 30 heavy (non-hydrogen) atoms. The van der Waals surface area contributed by atoms with Gasteiger partial charge in [0.1, 0.15) is 16.1 Å². The first kappa shape index (κ1) is 19.1. The van der Waals surface area contributed by atoms with Gasteiger partial charge >= 0.3 is 0 Å². The van der Waals surface area contributed by atoms with E-state index in [4.69, 9.17) is 27.6 Å². The summed E-state index contributed by atoms with van der Waals surface area (Å²) in [7, 11) is 0. The molecule has 2 aromatic carbocycles. The van der Waals surface area contributed by atoms with E-state index in [1.54, 1.807) is 36.4 Å². The fourth-order valence-electron chi connectivity index (χ4n) is 3.16. The average molecular weight is 454 g/mol. The van der Waals surface area contributed by atoms with Crippen LogP contribution in [0.4, 0.5) is 0 Å². The van der Waals surface area contributed by atoms with Gasteiger partial charge in [-0.05, 0) is 42.8 Å². The molecule has 0 bridgehead atoms. The summed E-state index contributed by atoms with van der Waals surface area (Å²) in [6.45, 7) is 1.99. The summed E-state index contributed by atoms with van der Waals surface area (Å²) in [4.78, 5) is 17.9. The Morgan fingerprint density at radius 2 is 1.90 bits per heavy atom. The van der Waals surface area contributed by atoms with Gasteiger partial charge in [-0.3, -0.25) is 4.79 Å². The van der Waals surface area contributed by atoms with E-state index in [2.05, 4.69) is 10.1 Å². The Bertz CT molecular complexity index is 1520. The molecule has 148 valence electrons. The number of hydrogen-bond donors (Lipinski definition) is 0. The summed E-state index contributed by atoms with van der Waals surface area (Å²) in [6.07, 6.45) is 1.68. The second kappa shape index (κ2) is 7.40. The Balaban J connectivity index is 1.54. The molecule has 0 atom stereocenters. The van der Waals surface area contributed by atoms with Crippen molar-refractivity contribution in [1.29, 1.82) is 0 Å². The van der Waals surface area contributed by atoms with E-state index in [9.17, 15) is 4.79 Å². The molecule has 0 spiro atoms. The number of thiazole rings is 1. The van der Waals surface area contributed by atoms with Crippen molar-refractivity contribution < 1.29 is 4.42 Å². The Hall–Kier alpha value is -2.93. The summed E-state index contributed by atoms with van der Waals surface area (Å²) >= 11 is 13.6. The number of furan rings is 1. The van der Waals surface area contributed by atoms with Crippen LogP contribution in [0.25, 0.3) is 33.7 Å². The maximum absolute atomic E-state index is 12.8. The molecule has 0 aliphatic carbocycles. The van der Waals surface area contributed by atoms with Crippen molar-refractivity contribution >= 4 is 45.6 Å². The summed E-state index contributed by atoms with van der Waals surface area (Å²) in [6, 6.07) is 16.6. The predicted molar refractivity (Wildman–Crippen MR) is 120 cm³/mol. The number of hydrogen-bond acceptors (Lipinski definition) is 5. The normalized spacial score (nSPS) is 12.2. The monoisotopic (exact) mass is 453 g/mol. The van der Waals surface area contributed by atoms with Gasteiger partial charge in [0, 0.05) is 22.2 Å². The van der Waals surface area contributed by atoms with E-state index in [1.807, 2.05) is 31.2 Å². The van der Waals surface area contributed by atoms with E-state index in [-0.39, 0.29) is 5.56 Å². The quantitative estimate of drug-likeness (QED) is 0.374. The Labute approximate surface area is 184 Å². The van der Waals surface area contributed by atoms with Gasteiger partial charge in [-0.2, -0.15) is 9.50 Å². The second-order valence-corrected chi connectivity index (χ2v) is 8.54. The molecule has 0 radical (unpaired) electrons. The topological polar surface area (TPSA) is 60.4 Å². The summed E-state index contributed by atoms with van der Waals surface area (Å²) in [5.41, 5.74) is 2.42. The average Bonchev–Trinajstić information content (AvgIpc) is 3.42. The third-order valence-electron chi connectivity index (χ3n) is 4.66. The van der Waals surface area contributed by atoms with Crippen molar-refractivity contribution in [3.05, 3.63) is 90.9 Å². The molecule has 0 unspecified atom stereocenters. The molecule has 3 heterocycles. The summed E-state index contributed by atoms with van der Waals surface area (Å²) in [5.74, 6) is 1.64. The lowest BCUT2D eigenvalue weighted by Crippen LogP contribution is -2.23. The van der Waals surface area contributed by atoms with Gasteiger partial charge in [-0.1, -0.05) is 58.8 Å². The number of aryl methyl sites for hydroxylation is 1. The smallest absolute Gasteiger partial charge is 0.291 e. The van der Waals surface area contributed by atoms with Crippen molar-refractivity contribution in [3.8, 4) is 22.7 Å². The zero-order chi connectivity index (χ0) is 20.8. The van der Waals surface area contributed by atoms with Crippen LogP contribution < -0.4 is 10.1 Å². The van der Waals surface area contributed by atoms with Crippen molar-refractivity contribution in [3.63, 3.8) is 0 Å². The molecule has 0 amide bonds. The van der Waals surface area contributed by atoms with Crippen LogP contribution in [0.1, 0.15) is 11.3 Å². The first-order valence-electron chi connectivity index (χ1n) is 9.02. The molecule has 0 aliphatic rings. The van der Waals surface area contributed by atoms with E-state index in [0.29, 0.717) is 42.4 Å². The van der Waals surface area contributed by atoms with E-state index >= 15 is 0 Å². The maximum atomic E-state index is 12.8. The molecule has 0 aliphatic heterocycles. The van der Waals surface area contributed by atoms with Crippen LogP contribution >= 0.6 is 34.5 Å². The van der Waals surface area contributed by atoms with Crippen molar-refractivity contribution in [2.45, 2.75) is 6.92 Å². The number of rotatable bonds is 3. The van der Waals surface area contributed by atoms with Gasteiger partial charge in [0.25, 0.3) is 5.56 Å². The predicted octanol–water partition coefficient (Wildman–Crippen LogP) is 5.24. The minimum atomic E-state index is -0.235. The SMILES string of the molecule is Cc1ccccc1-c1nc2s/c(=C\c3ccc(-c4cc(Cl)ccc4Cl)o3)c(=O)n2n1. The van der Waals surface area contributed by atoms with E-state index < -0.39 is 0 Å². The van der Waals surface area contributed by atoms with Crippen LogP contribution in [0.5, 0.6) is 0 Å². The highest BCUT2D eigenvalue weighted by Crippen LogP contribution is 2.32. The van der Waals surface area contributed by atoms with E-state index in [0.717, 1.165) is 11.1 Å². The van der Waals surface area contributed by atoms with Gasteiger partial charge in [-0.25, -0.2) is 0 Å². The van der Waals surface area contributed by atoms with E-state index in [1.165, 1.54) is 15.9 Å². The lowest BCUT2D eigenvalue weighted by Gasteiger charge is -2.00. The molecular formula is C22H13Cl2N3O2S. The number of halogens is 2. The highest BCUT2D eigenvalue weighted by Gasteiger charge is 2.14. The molecule has 3 aromatic heterocycles. The molecule has 0 N–H and O–H groups in total. The van der Waals surface area contributed by atoms with Gasteiger partial charge in [0.15, 0.2) is 5.82 Å². The first-order valence-corrected chi connectivity index (χ1v) is 10.6. The lowest BCUT2D eigenvalue weighted by atomic mass is 10.1. The molecular weight excluding hydrogens is 441 g/mol. The number of aromatic nitrogens is 3. The molecule has 8 heteroatoms. The van der Waals surface area contributed by atoms with Gasteiger partial charge in [-0.15, -0.1) is 5.10 Å². The summed E-state index contributed by atoms with van der Waals surface area (Å²) in [5, 5.41) is 5.50. The summed E-state index contributed by atoms with van der Waals surface area (Å²) < 4.78 is 7.68. The maximum Gasteiger partial charge on any atom is 0.291 e. The number of benzene rings is 2. The van der Waals surface area contributed by atoms with Crippen LogP contribution in [0.2, 0.25) is 10.0 Å². The third-order valence-corrected chi connectivity index (χ3v) is 6.19. The highest BCUT2D eigenvalue weighted by atomic mass is 35.5. The van der Waals surface area contributed by atoms with Crippen LogP contribution in [-0.4, -0.2) is 14.6 Å². The molecule has 0 fully saturated rings. The molecule has 5 rings (SSSR count). The number of nitrogens with zero attached hydrogens (tertiary/aromatic N) is 3. The van der Waals surface area contributed by atoms with Crippen LogP contribution in [0.15, 0.2) is 63.8 Å². The van der Waals surface area contributed by atoms with Gasteiger partial charge in [0.05, 0.1) is 5.02 Å². The fraction of sp³-hybridized carbons (Fsp3) is 0.0455. The highest BCUT2D eigenvalue weighted by molar-refractivity contribution is 7.15. The van der Waals surface area contributed by atoms with Gasteiger partial charge < -0.3 is 4.42 Å². The zero-order valence-electron chi connectivity index (χ0n) is 15.6. The standard InChI is InChI=1S/C22H13Cl2N3O2S/c1-12-4-2-3-5-15(12)20-25-22-27(26-20)21(28)19(30-22)11-14-7-9-18(29-14)16-10-13(23)6-8-17(16)24/h2-11H,1H3/b19-11-. The van der Waals surface area contributed by atoms with Crippen molar-refractivity contribution in [1.82, 2.24) is 14.6 Å². The second-order valence-electron chi connectivity index (χ2n) is 6.69. The molecule has 5 aromatic rings.